The van der Waals surface area contributed by atoms with E-state index >= 15 is 0 Å². The van der Waals surface area contributed by atoms with Gasteiger partial charge in [-0.2, -0.15) is 0 Å². The van der Waals surface area contributed by atoms with Crippen molar-refractivity contribution in [3.63, 3.8) is 0 Å². The third-order valence-corrected chi connectivity index (χ3v) is 4.77. The van der Waals surface area contributed by atoms with Crippen molar-refractivity contribution in [2.75, 3.05) is 7.11 Å². The lowest BCUT2D eigenvalue weighted by Crippen LogP contribution is -2.24. The molecule has 8 heteroatoms. The molecule has 2 aromatic heterocycles. The number of aryl methyl sites for hydroxylation is 1. The van der Waals surface area contributed by atoms with E-state index in [1.165, 1.54) is 0 Å². The SMILES string of the molecule is CCn1ccnc1CNC(=O)c1cc(COc2ccc(OC)c3ccccc23)on1. The van der Waals surface area contributed by atoms with Gasteiger partial charge in [-0.3, -0.25) is 4.79 Å². The van der Waals surface area contributed by atoms with Crippen LogP contribution in [0.4, 0.5) is 0 Å². The van der Waals surface area contributed by atoms with E-state index in [2.05, 4.69) is 15.5 Å². The molecule has 4 rings (SSSR count). The number of nitrogens with zero attached hydrogens (tertiary/aromatic N) is 3. The molecule has 154 valence electrons. The number of nitrogens with one attached hydrogen (secondary N) is 1. The molecule has 1 N–H and O–H groups in total. The maximum Gasteiger partial charge on any atom is 0.273 e. The molecular weight excluding hydrogens is 384 g/mol. The van der Waals surface area contributed by atoms with Crippen molar-refractivity contribution in [2.24, 2.45) is 0 Å². The molecule has 0 saturated carbocycles. The summed E-state index contributed by atoms with van der Waals surface area (Å²) < 4.78 is 18.5. The topological polar surface area (TPSA) is 91.4 Å². The van der Waals surface area contributed by atoms with Gasteiger partial charge in [0.15, 0.2) is 11.5 Å². The molecule has 0 bridgehead atoms. The first kappa shape index (κ1) is 19.5. The van der Waals surface area contributed by atoms with Gasteiger partial charge in [0.1, 0.15) is 23.9 Å². The first-order chi connectivity index (χ1) is 14.7. The molecule has 0 aliphatic heterocycles. The minimum Gasteiger partial charge on any atom is -0.496 e. The number of fused-ring (bicyclic) bond motifs is 1. The minimum absolute atomic E-state index is 0.150. The van der Waals surface area contributed by atoms with E-state index in [0.717, 1.165) is 28.9 Å². The Labute approximate surface area is 173 Å². The van der Waals surface area contributed by atoms with Crippen molar-refractivity contribution in [2.45, 2.75) is 26.6 Å². The molecule has 0 atom stereocenters. The molecule has 0 aliphatic carbocycles. The predicted molar refractivity (Wildman–Crippen MR) is 110 cm³/mol. The van der Waals surface area contributed by atoms with Crippen LogP contribution in [0.2, 0.25) is 0 Å². The van der Waals surface area contributed by atoms with Crippen LogP contribution in [0.25, 0.3) is 10.8 Å². The smallest absolute Gasteiger partial charge is 0.273 e. The highest BCUT2D eigenvalue weighted by atomic mass is 16.5. The van der Waals surface area contributed by atoms with Crippen molar-refractivity contribution in [1.82, 2.24) is 20.0 Å². The highest BCUT2D eigenvalue weighted by Crippen LogP contribution is 2.33. The lowest BCUT2D eigenvalue weighted by Gasteiger charge is -2.10. The Morgan fingerprint density at radius 2 is 1.93 bits per heavy atom. The number of benzene rings is 2. The summed E-state index contributed by atoms with van der Waals surface area (Å²) in [5, 5.41) is 8.54. The van der Waals surface area contributed by atoms with Crippen molar-refractivity contribution >= 4 is 16.7 Å². The first-order valence-electron chi connectivity index (χ1n) is 9.62. The van der Waals surface area contributed by atoms with Gasteiger partial charge in [-0.1, -0.05) is 29.4 Å². The summed E-state index contributed by atoms with van der Waals surface area (Å²) >= 11 is 0. The summed E-state index contributed by atoms with van der Waals surface area (Å²) in [5.41, 5.74) is 0.197. The van der Waals surface area contributed by atoms with Crippen LogP contribution in [0.1, 0.15) is 29.0 Å². The standard InChI is InChI=1S/C22H22N4O4/c1-3-26-11-10-23-21(26)13-24-22(27)18-12-15(30-25-18)14-29-20-9-8-19(28-2)16-6-4-5-7-17(16)20/h4-12H,3,13-14H2,1-2H3,(H,24,27). The third-order valence-electron chi connectivity index (χ3n) is 4.77. The fraction of sp³-hybridized carbons (Fsp3) is 0.227. The van der Waals surface area contributed by atoms with Crippen molar-refractivity contribution < 1.29 is 18.8 Å². The number of imidazole rings is 1. The van der Waals surface area contributed by atoms with Gasteiger partial charge in [0.05, 0.1) is 13.7 Å². The number of carbonyl (C=O) groups excluding carboxylic acids is 1. The van der Waals surface area contributed by atoms with Gasteiger partial charge in [0.25, 0.3) is 5.91 Å². The molecule has 0 aliphatic rings. The maximum absolute atomic E-state index is 12.3. The van der Waals surface area contributed by atoms with Crippen LogP contribution in [0.15, 0.2) is 59.4 Å². The molecule has 2 aromatic carbocycles. The first-order valence-corrected chi connectivity index (χ1v) is 9.62. The molecule has 1 amide bonds. The number of hydrogen-bond donors (Lipinski definition) is 1. The van der Waals surface area contributed by atoms with Gasteiger partial charge in [-0.15, -0.1) is 0 Å². The van der Waals surface area contributed by atoms with Gasteiger partial charge in [0.2, 0.25) is 0 Å². The summed E-state index contributed by atoms with van der Waals surface area (Å²) in [6.07, 6.45) is 3.58. The van der Waals surface area contributed by atoms with Crippen molar-refractivity contribution in [3.8, 4) is 11.5 Å². The molecule has 0 fully saturated rings. The summed E-state index contributed by atoms with van der Waals surface area (Å²) in [6, 6.07) is 13.1. The zero-order chi connectivity index (χ0) is 20.9. The Hall–Kier alpha value is -3.81. The quantitative estimate of drug-likeness (QED) is 0.481. The molecule has 2 heterocycles. The van der Waals surface area contributed by atoms with Crippen LogP contribution >= 0.6 is 0 Å². The number of carbonyl (C=O) groups is 1. The Kier molecular flexibility index (Phi) is 5.65. The van der Waals surface area contributed by atoms with E-state index in [9.17, 15) is 4.79 Å². The second kappa shape index (κ2) is 8.69. The van der Waals surface area contributed by atoms with Crippen LogP contribution in [-0.2, 0) is 19.7 Å². The Balaban J connectivity index is 1.40. The van der Waals surface area contributed by atoms with Gasteiger partial charge in [-0.25, -0.2) is 4.98 Å². The summed E-state index contributed by atoms with van der Waals surface area (Å²) in [5.74, 6) is 2.38. The molecule has 0 unspecified atom stereocenters. The van der Waals surface area contributed by atoms with E-state index in [1.54, 1.807) is 19.4 Å². The Morgan fingerprint density at radius 3 is 2.70 bits per heavy atom. The largest absolute Gasteiger partial charge is 0.496 e. The second-order valence-corrected chi connectivity index (χ2v) is 6.59. The lowest BCUT2D eigenvalue weighted by atomic mass is 10.1. The van der Waals surface area contributed by atoms with Gasteiger partial charge in [0, 0.05) is 35.8 Å². The van der Waals surface area contributed by atoms with E-state index in [1.807, 2.05) is 54.1 Å². The zero-order valence-corrected chi connectivity index (χ0v) is 16.8. The van der Waals surface area contributed by atoms with Crippen LogP contribution in [0, 0.1) is 0 Å². The van der Waals surface area contributed by atoms with Crippen LogP contribution in [0.5, 0.6) is 11.5 Å². The summed E-state index contributed by atoms with van der Waals surface area (Å²) in [7, 11) is 1.64. The predicted octanol–water partition coefficient (Wildman–Crippen LogP) is 3.56. The molecule has 8 nitrogen and oxygen atoms in total. The fourth-order valence-electron chi connectivity index (χ4n) is 3.23. The second-order valence-electron chi connectivity index (χ2n) is 6.59. The molecule has 0 radical (unpaired) electrons. The van der Waals surface area contributed by atoms with E-state index < -0.39 is 0 Å². The van der Waals surface area contributed by atoms with E-state index in [0.29, 0.717) is 18.1 Å². The van der Waals surface area contributed by atoms with E-state index in [4.69, 9.17) is 14.0 Å². The van der Waals surface area contributed by atoms with Gasteiger partial charge < -0.3 is 23.9 Å². The zero-order valence-electron chi connectivity index (χ0n) is 16.8. The third kappa shape index (κ3) is 3.98. The fourth-order valence-corrected chi connectivity index (χ4v) is 3.23. The number of ether oxygens (including phenoxy) is 2. The molecule has 0 spiro atoms. The van der Waals surface area contributed by atoms with E-state index in [-0.39, 0.29) is 18.2 Å². The Bertz CT molecular complexity index is 1160. The summed E-state index contributed by atoms with van der Waals surface area (Å²) in [6.45, 7) is 3.27. The molecular formula is C22H22N4O4. The van der Waals surface area contributed by atoms with Crippen LogP contribution in [-0.4, -0.2) is 27.7 Å². The molecule has 4 aromatic rings. The number of amides is 1. The van der Waals surface area contributed by atoms with Gasteiger partial charge in [-0.05, 0) is 19.1 Å². The van der Waals surface area contributed by atoms with Gasteiger partial charge >= 0.3 is 0 Å². The minimum atomic E-state index is -0.328. The van der Waals surface area contributed by atoms with Crippen molar-refractivity contribution in [3.05, 3.63) is 72.1 Å². The Morgan fingerprint density at radius 1 is 1.17 bits per heavy atom. The maximum atomic E-state index is 12.3. The average Bonchev–Trinajstić information content (AvgIpc) is 3.45. The lowest BCUT2D eigenvalue weighted by molar-refractivity contribution is 0.0940. The number of aromatic nitrogens is 3. The number of hydrogen-bond acceptors (Lipinski definition) is 6. The van der Waals surface area contributed by atoms with Crippen molar-refractivity contribution in [1.29, 1.82) is 0 Å². The van der Waals surface area contributed by atoms with Crippen LogP contribution in [0.3, 0.4) is 0 Å². The number of methoxy groups -OCH3 is 1. The van der Waals surface area contributed by atoms with Crippen LogP contribution < -0.4 is 14.8 Å². The molecule has 0 saturated heterocycles. The highest BCUT2D eigenvalue weighted by Gasteiger charge is 2.14. The monoisotopic (exact) mass is 406 g/mol. The average molecular weight is 406 g/mol. The normalized spacial score (nSPS) is 10.9. The highest BCUT2D eigenvalue weighted by molar-refractivity contribution is 5.93. The number of rotatable bonds is 8. The molecule has 30 heavy (non-hydrogen) atoms. The summed E-state index contributed by atoms with van der Waals surface area (Å²) in [4.78, 5) is 16.6.